The second-order valence-corrected chi connectivity index (χ2v) is 26.9. The summed E-state index contributed by atoms with van der Waals surface area (Å²) in [4.78, 5) is 59.7. The van der Waals surface area contributed by atoms with Crippen LogP contribution in [0.2, 0.25) is 5.02 Å². The van der Waals surface area contributed by atoms with Crippen LogP contribution in [0.5, 0.6) is 0 Å². The van der Waals surface area contributed by atoms with E-state index in [1.165, 1.54) is 23.2 Å². The SMILES string of the molecule is Cc1ncsc1-c1ccc([C@H](CCN2CC(C)(O)C2)NC(=O)[C@@H]2C[C@@H](O)CN2C(=O)[C@@H](n2cc(C3CCC(CN4CCC(c5ccc6c(c5)-n5c(nc(=O)c7c(Cl)cccc75)C65CCCCC5)CC4)CC3)nn2)C(C)(C)C)cc1. The Morgan fingerprint density at radius 1 is 0.937 bits per heavy atom. The third-order valence-electron chi connectivity index (χ3n) is 18.8. The highest BCUT2D eigenvalue weighted by atomic mass is 35.5. The molecule has 12 rings (SSSR count). The van der Waals surface area contributed by atoms with Crippen LogP contribution in [0.25, 0.3) is 27.0 Å². The molecule has 7 heterocycles. The predicted octanol–water partition coefficient (Wildman–Crippen LogP) is 9.64. The number of likely N-dealkylation sites (tertiary alicyclic amines) is 3. The average molecular weight is 1110 g/mol. The second kappa shape index (κ2) is 21.5. The van der Waals surface area contributed by atoms with Crippen LogP contribution in [-0.2, 0) is 15.0 Å². The van der Waals surface area contributed by atoms with Crippen LogP contribution in [0.15, 0.2) is 77.2 Å². The van der Waals surface area contributed by atoms with Crippen LogP contribution in [-0.4, -0.2) is 130 Å². The predicted molar refractivity (Wildman–Crippen MR) is 309 cm³/mol. The van der Waals surface area contributed by atoms with Gasteiger partial charge in [-0.1, -0.05) is 99.3 Å². The minimum absolute atomic E-state index is 0.0581. The third kappa shape index (κ3) is 10.5. The number of hydrogen-bond donors (Lipinski definition) is 3. The molecular formula is C62H77ClN10O5S. The lowest BCUT2D eigenvalue weighted by atomic mass is 9.69. The van der Waals surface area contributed by atoms with Crippen LogP contribution in [0.3, 0.4) is 0 Å². The molecule has 2 saturated carbocycles. The Bertz CT molecular complexity index is 3280. The summed E-state index contributed by atoms with van der Waals surface area (Å²) < 4.78 is 3.99. The van der Waals surface area contributed by atoms with Crippen molar-refractivity contribution in [2.24, 2.45) is 11.3 Å². The number of nitrogens with one attached hydrogen (secondary N) is 1. The van der Waals surface area contributed by atoms with Crippen molar-refractivity contribution in [3.63, 3.8) is 0 Å². The molecule has 0 radical (unpaired) electrons. The van der Waals surface area contributed by atoms with E-state index in [0.29, 0.717) is 48.3 Å². The van der Waals surface area contributed by atoms with Crippen molar-refractivity contribution < 1.29 is 19.8 Å². The number of aliphatic hydroxyl groups excluding tert-OH is 1. The Balaban J connectivity index is 0.674. The third-order valence-corrected chi connectivity index (χ3v) is 20.1. The molecule has 418 valence electrons. The lowest BCUT2D eigenvalue weighted by molar-refractivity contribution is -0.144. The van der Waals surface area contributed by atoms with Crippen molar-refractivity contribution in [1.82, 2.24) is 49.5 Å². The Kier molecular flexibility index (Phi) is 14.8. The molecule has 17 heteroatoms. The van der Waals surface area contributed by atoms with Crippen LogP contribution in [0.4, 0.5) is 0 Å². The fourth-order valence-electron chi connectivity index (χ4n) is 14.8. The summed E-state index contributed by atoms with van der Waals surface area (Å²) in [5.41, 5.74) is 8.71. The molecule has 6 aromatic rings. The van der Waals surface area contributed by atoms with Gasteiger partial charge in [-0.25, -0.2) is 9.67 Å². The second-order valence-electron chi connectivity index (χ2n) is 25.7. The summed E-state index contributed by atoms with van der Waals surface area (Å²) in [6.07, 6.45) is 13.8. The van der Waals surface area contributed by atoms with Crippen molar-refractivity contribution in [3.05, 3.63) is 122 Å². The van der Waals surface area contributed by atoms with E-state index in [-0.39, 0.29) is 47.7 Å². The highest BCUT2D eigenvalue weighted by Gasteiger charge is 2.48. The molecule has 6 aliphatic rings. The van der Waals surface area contributed by atoms with Gasteiger partial charge in [0.2, 0.25) is 11.8 Å². The molecule has 3 N–H and O–H groups in total. The van der Waals surface area contributed by atoms with Crippen molar-refractivity contribution in [1.29, 1.82) is 0 Å². The fraction of sp³-hybridized carbons (Fsp3) is 0.565. The number of aliphatic hydroxyl groups is 2. The van der Waals surface area contributed by atoms with E-state index in [4.69, 9.17) is 21.7 Å². The van der Waals surface area contributed by atoms with E-state index < -0.39 is 29.2 Å². The maximum Gasteiger partial charge on any atom is 0.282 e. The summed E-state index contributed by atoms with van der Waals surface area (Å²) in [6, 6.07) is 19.2. The summed E-state index contributed by atoms with van der Waals surface area (Å²) in [5.74, 6) is 1.66. The summed E-state index contributed by atoms with van der Waals surface area (Å²) in [5, 5.41) is 35.2. The van der Waals surface area contributed by atoms with Gasteiger partial charge in [0.05, 0.1) is 66.6 Å². The zero-order valence-electron chi connectivity index (χ0n) is 46.5. The Morgan fingerprint density at radius 2 is 1.68 bits per heavy atom. The number of aromatic nitrogens is 6. The zero-order chi connectivity index (χ0) is 55.0. The number of β-amino-alcohol motifs (C(OH)–C–C–N with tert-alkyl or cyclic N) is 2. The van der Waals surface area contributed by atoms with E-state index in [1.54, 1.807) is 27.0 Å². The molecule has 15 nitrogen and oxygen atoms in total. The molecule has 2 aliphatic carbocycles. The van der Waals surface area contributed by atoms with E-state index in [0.717, 1.165) is 123 Å². The summed E-state index contributed by atoms with van der Waals surface area (Å²) in [6.45, 7) is 15.0. The minimum Gasteiger partial charge on any atom is -0.391 e. The number of amides is 2. The molecule has 3 aromatic carbocycles. The van der Waals surface area contributed by atoms with Gasteiger partial charge in [0.25, 0.3) is 5.56 Å². The average Bonchev–Trinajstić information content (AvgIpc) is 4.44. The topological polar surface area (TPSA) is 175 Å². The maximum absolute atomic E-state index is 14.9. The standard InChI is InChI=1S/C62H77ClN10O5S/c1-38-54(79-37-64-38)43-18-16-41(17-19-43)48(24-29-70-35-61(5,78)36-70)65-56(75)52-31-45(74)33-71(52)58(77)55(60(2,3)4)72-34-49(67-68-72)42-14-12-39(13-15-42)32-69-27-22-40(23-28-69)44-20-21-46-51(30-44)73-50-11-9-10-47(63)53(50)57(76)66-59(73)62(46)25-7-6-8-26-62/h9-11,16-21,30,34,37,39-40,42,45,48,52,55,74,78H,6-8,12-15,22-29,31-33,35-36H2,1-5H3,(H,65,75)/t39?,42?,45-,48+,52+,55-/m1/s1. The lowest BCUT2D eigenvalue weighted by Crippen LogP contribution is -2.60. The molecule has 2 amide bonds. The van der Waals surface area contributed by atoms with E-state index in [2.05, 4.69) is 72.3 Å². The summed E-state index contributed by atoms with van der Waals surface area (Å²) >= 11 is 8.26. The first-order valence-corrected chi connectivity index (χ1v) is 30.4. The van der Waals surface area contributed by atoms with E-state index in [1.807, 2.05) is 58.5 Å². The molecule has 4 atom stereocenters. The van der Waals surface area contributed by atoms with Crippen molar-refractivity contribution >= 4 is 45.7 Å². The van der Waals surface area contributed by atoms with E-state index in [9.17, 15) is 24.6 Å². The molecular weight excluding hydrogens is 1030 g/mol. The first-order chi connectivity index (χ1) is 37.9. The number of rotatable bonds is 13. The van der Waals surface area contributed by atoms with Gasteiger partial charge in [-0.15, -0.1) is 16.4 Å². The number of thiazole rings is 1. The van der Waals surface area contributed by atoms with Crippen LogP contribution >= 0.6 is 22.9 Å². The molecule has 79 heavy (non-hydrogen) atoms. The Hall–Kier alpha value is -5.36. The minimum atomic E-state index is -0.859. The van der Waals surface area contributed by atoms with Gasteiger partial charge < -0.3 is 25.3 Å². The van der Waals surface area contributed by atoms with Crippen LogP contribution in [0, 0.1) is 18.3 Å². The van der Waals surface area contributed by atoms with Crippen LogP contribution in [0.1, 0.15) is 169 Å². The van der Waals surface area contributed by atoms with Gasteiger partial charge in [-0.2, -0.15) is 4.98 Å². The number of halogens is 1. The number of aryl methyl sites for hydroxylation is 1. The normalized spacial score (nSPS) is 24.1. The molecule has 0 unspecified atom stereocenters. The molecule has 5 fully saturated rings. The number of fused-ring (bicyclic) bond motifs is 7. The molecule has 0 bridgehead atoms. The van der Waals surface area contributed by atoms with Gasteiger partial charge in [0, 0.05) is 51.3 Å². The molecule has 3 saturated heterocycles. The molecule has 1 spiro atoms. The van der Waals surface area contributed by atoms with Crippen LogP contribution < -0.4 is 10.9 Å². The van der Waals surface area contributed by atoms with Gasteiger partial charge in [-0.05, 0) is 142 Å². The number of hydrogen-bond acceptors (Lipinski definition) is 12. The number of nitrogens with zero attached hydrogens (tertiary/aromatic N) is 9. The highest BCUT2D eigenvalue weighted by Crippen LogP contribution is 2.52. The first-order valence-electron chi connectivity index (χ1n) is 29.2. The monoisotopic (exact) mass is 1110 g/mol. The van der Waals surface area contributed by atoms with Gasteiger partial charge >= 0.3 is 0 Å². The Morgan fingerprint density at radius 3 is 2.38 bits per heavy atom. The molecule has 3 aromatic heterocycles. The number of piperidine rings is 1. The quantitative estimate of drug-likeness (QED) is 0.100. The van der Waals surface area contributed by atoms with Gasteiger partial charge in [0.15, 0.2) is 0 Å². The molecule has 4 aliphatic heterocycles. The maximum atomic E-state index is 14.9. The number of carbonyl (C=O) groups is 2. The fourth-order valence-corrected chi connectivity index (χ4v) is 15.8. The largest absolute Gasteiger partial charge is 0.391 e. The summed E-state index contributed by atoms with van der Waals surface area (Å²) in [7, 11) is 0. The highest BCUT2D eigenvalue weighted by molar-refractivity contribution is 7.13. The van der Waals surface area contributed by atoms with Crippen molar-refractivity contribution in [2.75, 3.05) is 45.8 Å². The Labute approximate surface area is 472 Å². The first kappa shape index (κ1) is 54.2. The smallest absolute Gasteiger partial charge is 0.282 e. The lowest BCUT2D eigenvalue weighted by Gasteiger charge is -2.44. The number of benzene rings is 3. The van der Waals surface area contributed by atoms with E-state index >= 15 is 0 Å². The zero-order valence-corrected chi connectivity index (χ0v) is 48.1. The van der Waals surface area contributed by atoms with Crippen molar-refractivity contribution in [3.8, 4) is 16.1 Å². The van der Waals surface area contributed by atoms with Crippen molar-refractivity contribution in [2.45, 2.75) is 165 Å². The number of carbonyl (C=O) groups excluding carboxylic acids is 2. The van der Waals surface area contributed by atoms with Gasteiger partial charge in [0.1, 0.15) is 17.9 Å². The van der Waals surface area contributed by atoms with Gasteiger partial charge in [-0.3, -0.25) is 23.9 Å².